The Bertz CT molecular complexity index is 708. The molecule has 0 saturated carbocycles. The molecule has 24 heavy (non-hydrogen) atoms. The van der Waals surface area contributed by atoms with Crippen molar-refractivity contribution in [2.45, 2.75) is 31.9 Å². The van der Waals surface area contributed by atoms with Crippen molar-refractivity contribution < 1.29 is 9.53 Å². The number of amides is 1. The standard InChI is InChI=1S/C17H19N3O2.2ClH/c1-17(2)9-14(13-8-12(18)5-6-15(13)22-17)20-16(21)11-4-3-7-19-10-11;;/h3-8,10,14H,9,18H2,1-2H3,(H,20,21);2*1H. The summed E-state index contributed by atoms with van der Waals surface area (Å²) in [5.74, 6) is 0.617. The van der Waals surface area contributed by atoms with Gasteiger partial charge >= 0.3 is 0 Å². The van der Waals surface area contributed by atoms with Crippen molar-refractivity contribution >= 4 is 36.4 Å². The third-order valence-corrected chi connectivity index (χ3v) is 3.72. The summed E-state index contributed by atoms with van der Waals surface area (Å²) in [6.07, 6.45) is 3.87. The van der Waals surface area contributed by atoms with Crippen LogP contribution < -0.4 is 15.8 Å². The predicted octanol–water partition coefficient (Wildman–Crippen LogP) is 3.54. The highest BCUT2D eigenvalue weighted by Gasteiger charge is 2.34. The van der Waals surface area contributed by atoms with Gasteiger partial charge in [0.15, 0.2) is 0 Å². The highest BCUT2D eigenvalue weighted by atomic mass is 35.5. The molecule has 0 radical (unpaired) electrons. The van der Waals surface area contributed by atoms with E-state index in [9.17, 15) is 4.79 Å². The number of ether oxygens (including phenoxy) is 1. The van der Waals surface area contributed by atoms with Gasteiger partial charge in [0, 0.05) is 30.1 Å². The van der Waals surface area contributed by atoms with Crippen molar-refractivity contribution in [2.75, 3.05) is 5.73 Å². The van der Waals surface area contributed by atoms with E-state index >= 15 is 0 Å². The summed E-state index contributed by atoms with van der Waals surface area (Å²) in [5, 5.41) is 3.06. The zero-order valence-corrected chi connectivity index (χ0v) is 15.1. The number of hydrogen-bond donors (Lipinski definition) is 2. The van der Waals surface area contributed by atoms with Crippen molar-refractivity contribution in [3.63, 3.8) is 0 Å². The van der Waals surface area contributed by atoms with E-state index in [1.807, 2.05) is 26.0 Å². The Balaban J connectivity index is 0.00000144. The van der Waals surface area contributed by atoms with E-state index in [-0.39, 0.29) is 42.4 Å². The lowest BCUT2D eigenvalue weighted by molar-refractivity contribution is 0.0620. The van der Waals surface area contributed by atoms with Crippen LogP contribution in [-0.2, 0) is 0 Å². The minimum atomic E-state index is -0.351. The molecule has 2 heterocycles. The first kappa shape index (κ1) is 20.1. The first-order chi connectivity index (χ1) is 10.4. The number of rotatable bonds is 2. The maximum atomic E-state index is 12.4. The molecule has 0 fully saturated rings. The van der Waals surface area contributed by atoms with E-state index in [0.717, 1.165) is 11.3 Å². The topological polar surface area (TPSA) is 77.2 Å². The van der Waals surface area contributed by atoms with Gasteiger partial charge < -0.3 is 15.8 Å². The Morgan fingerprint density at radius 2 is 2.08 bits per heavy atom. The first-order valence-corrected chi connectivity index (χ1v) is 7.24. The molecular weight excluding hydrogens is 349 g/mol. The van der Waals surface area contributed by atoms with Crippen LogP contribution in [0.3, 0.4) is 0 Å². The average Bonchev–Trinajstić information content (AvgIpc) is 2.48. The molecule has 1 aromatic heterocycles. The number of hydrogen-bond acceptors (Lipinski definition) is 4. The van der Waals surface area contributed by atoms with Crippen LogP contribution in [0.25, 0.3) is 0 Å². The van der Waals surface area contributed by atoms with Crippen LogP contribution in [0.2, 0.25) is 0 Å². The number of halogens is 2. The van der Waals surface area contributed by atoms with Gasteiger partial charge in [-0.1, -0.05) is 0 Å². The second-order valence-corrected chi connectivity index (χ2v) is 6.13. The number of nitrogens with two attached hydrogens (primary N) is 1. The third-order valence-electron chi connectivity index (χ3n) is 3.72. The van der Waals surface area contributed by atoms with E-state index in [0.29, 0.717) is 17.7 Å². The molecule has 130 valence electrons. The van der Waals surface area contributed by atoms with Crippen LogP contribution >= 0.6 is 24.8 Å². The summed E-state index contributed by atoms with van der Waals surface area (Å²) < 4.78 is 5.97. The zero-order valence-electron chi connectivity index (χ0n) is 13.5. The summed E-state index contributed by atoms with van der Waals surface area (Å²) >= 11 is 0. The zero-order chi connectivity index (χ0) is 15.7. The van der Waals surface area contributed by atoms with Crippen LogP contribution in [0, 0.1) is 0 Å². The Morgan fingerprint density at radius 3 is 2.75 bits per heavy atom. The Kier molecular flexibility index (Phi) is 6.46. The van der Waals surface area contributed by atoms with Gasteiger partial charge in [-0.3, -0.25) is 9.78 Å². The third kappa shape index (κ3) is 4.30. The van der Waals surface area contributed by atoms with Crippen molar-refractivity contribution in [3.05, 3.63) is 53.9 Å². The monoisotopic (exact) mass is 369 g/mol. The maximum absolute atomic E-state index is 12.4. The second kappa shape index (κ2) is 7.73. The second-order valence-electron chi connectivity index (χ2n) is 6.13. The van der Waals surface area contributed by atoms with Gasteiger partial charge in [0.25, 0.3) is 5.91 Å². The molecule has 1 aliphatic rings. The van der Waals surface area contributed by atoms with Crippen molar-refractivity contribution in [3.8, 4) is 5.75 Å². The normalized spacial score (nSPS) is 17.3. The van der Waals surface area contributed by atoms with Crippen LogP contribution in [-0.4, -0.2) is 16.5 Å². The van der Waals surface area contributed by atoms with Gasteiger partial charge in [0.2, 0.25) is 0 Å². The van der Waals surface area contributed by atoms with Crippen molar-refractivity contribution in [1.82, 2.24) is 10.3 Å². The number of carbonyl (C=O) groups excluding carboxylic acids is 1. The molecule has 1 aromatic carbocycles. The molecular formula is C17H21Cl2N3O2. The molecule has 3 rings (SSSR count). The lowest BCUT2D eigenvalue weighted by Crippen LogP contribution is -2.41. The Morgan fingerprint density at radius 1 is 1.33 bits per heavy atom. The fourth-order valence-corrected chi connectivity index (χ4v) is 2.74. The van der Waals surface area contributed by atoms with E-state index in [4.69, 9.17) is 10.5 Å². The number of carbonyl (C=O) groups is 1. The van der Waals surface area contributed by atoms with Crippen molar-refractivity contribution in [2.24, 2.45) is 0 Å². The average molecular weight is 370 g/mol. The molecule has 5 nitrogen and oxygen atoms in total. The fourth-order valence-electron chi connectivity index (χ4n) is 2.74. The minimum Gasteiger partial charge on any atom is -0.487 e. The molecule has 0 aliphatic carbocycles. The number of nitrogens with one attached hydrogen (secondary N) is 1. The van der Waals surface area contributed by atoms with E-state index in [1.54, 1.807) is 30.6 Å². The van der Waals surface area contributed by atoms with Gasteiger partial charge in [-0.05, 0) is 44.2 Å². The molecule has 0 bridgehead atoms. The van der Waals surface area contributed by atoms with Crippen LogP contribution in [0.1, 0.15) is 42.2 Å². The Labute approximate surface area is 153 Å². The van der Waals surface area contributed by atoms with Gasteiger partial charge in [-0.15, -0.1) is 24.8 Å². The quantitative estimate of drug-likeness (QED) is 0.793. The molecule has 1 aliphatic heterocycles. The van der Waals surface area contributed by atoms with Crippen LogP contribution in [0.5, 0.6) is 5.75 Å². The summed E-state index contributed by atoms with van der Waals surface area (Å²) in [6.45, 7) is 4.02. The number of anilines is 1. The number of pyridine rings is 1. The van der Waals surface area contributed by atoms with Gasteiger partial charge in [-0.25, -0.2) is 0 Å². The summed E-state index contributed by atoms with van der Waals surface area (Å²) in [5.41, 5.74) is 7.63. The highest BCUT2D eigenvalue weighted by molar-refractivity contribution is 5.94. The number of fused-ring (bicyclic) bond motifs is 1. The number of benzene rings is 1. The molecule has 2 aromatic rings. The van der Waals surface area contributed by atoms with Crippen LogP contribution in [0.15, 0.2) is 42.7 Å². The summed E-state index contributed by atoms with van der Waals surface area (Å²) in [6, 6.07) is 8.87. The van der Waals surface area contributed by atoms with Gasteiger partial charge in [0.1, 0.15) is 11.4 Å². The van der Waals surface area contributed by atoms with Crippen LogP contribution in [0.4, 0.5) is 5.69 Å². The minimum absolute atomic E-state index is 0. The molecule has 7 heteroatoms. The molecule has 0 saturated heterocycles. The molecule has 0 spiro atoms. The van der Waals surface area contributed by atoms with E-state index < -0.39 is 0 Å². The summed E-state index contributed by atoms with van der Waals surface area (Å²) in [4.78, 5) is 16.4. The predicted molar refractivity (Wildman–Crippen MR) is 99.1 cm³/mol. The lowest BCUT2D eigenvalue weighted by atomic mass is 9.89. The number of nitrogen functional groups attached to an aromatic ring is 1. The Hall–Kier alpha value is -1.98. The molecule has 1 amide bonds. The van der Waals surface area contributed by atoms with E-state index in [1.165, 1.54) is 0 Å². The molecule has 1 unspecified atom stereocenters. The number of aromatic nitrogens is 1. The maximum Gasteiger partial charge on any atom is 0.253 e. The SMILES string of the molecule is CC1(C)CC(NC(=O)c2cccnc2)c2cc(N)ccc2O1.Cl.Cl. The highest BCUT2D eigenvalue weighted by Crippen LogP contribution is 2.40. The van der Waals surface area contributed by atoms with Gasteiger partial charge in [0.05, 0.1) is 11.6 Å². The largest absolute Gasteiger partial charge is 0.487 e. The first-order valence-electron chi connectivity index (χ1n) is 7.24. The molecule has 1 atom stereocenters. The summed E-state index contributed by atoms with van der Waals surface area (Å²) in [7, 11) is 0. The lowest BCUT2D eigenvalue weighted by Gasteiger charge is -2.38. The van der Waals surface area contributed by atoms with E-state index in [2.05, 4.69) is 10.3 Å². The van der Waals surface area contributed by atoms with Crippen molar-refractivity contribution in [1.29, 1.82) is 0 Å². The van der Waals surface area contributed by atoms with Gasteiger partial charge in [-0.2, -0.15) is 0 Å². The number of nitrogens with zero attached hydrogens (tertiary/aromatic N) is 1. The fraction of sp³-hybridized carbons (Fsp3) is 0.294. The smallest absolute Gasteiger partial charge is 0.253 e. The molecule has 3 N–H and O–H groups in total.